The lowest BCUT2D eigenvalue weighted by Gasteiger charge is -2.09. The first kappa shape index (κ1) is 19.6. The van der Waals surface area contributed by atoms with Gasteiger partial charge in [0.1, 0.15) is 12.4 Å². The molecule has 3 aromatic rings. The van der Waals surface area contributed by atoms with Crippen LogP contribution in [0.15, 0.2) is 57.9 Å². The summed E-state index contributed by atoms with van der Waals surface area (Å²) in [7, 11) is 0. The summed E-state index contributed by atoms with van der Waals surface area (Å²) in [6.07, 6.45) is 0. The summed E-state index contributed by atoms with van der Waals surface area (Å²) in [5.41, 5.74) is 3.00. The number of rotatable bonds is 7. The molecule has 0 bridgehead atoms. The Morgan fingerprint density at radius 3 is 2.54 bits per heavy atom. The van der Waals surface area contributed by atoms with Gasteiger partial charge in [0, 0.05) is 28.3 Å². The van der Waals surface area contributed by atoms with Gasteiger partial charge in [0.2, 0.25) is 0 Å². The molecule has 0 amide bonds. The number of benzene rings is 2. The molecular weight excluding hydrogens is 380 g/mol. The summed E-state index contributed by atoms with van der Waals surface area (Å²) in [4.78, 5) is 23.6. The van der Waals surface area contributed by atoms with E-state index in [1.54, 1.807) is 24.3 Å². The van der Waals surface area contributed by atoms with Crippen molar-refractivity contribution in [2.75, 3.05) is 0 Å². The van der Waals surface area contributed by atoms with Crippen LogP contribution in [0.5, 0.6) is 0 Å². The lowest BCUT2D eigenvalue weighted by molar-refractivity contribution is -0.384. The quantitative estimate of drug-likeness (QED) is 0.243. The molecule has 0 aliphatic rings. The standard InChI is InChI=1S/C20H18N2O5S/c1-13-18(14(2)27-21-13)12-28-19-6-4-3-5-17(19)20(23)26-11-15-7-9-16(10-8-15)22(24)25/h3-10H,11-12H2,1-2H3. The van der Waals surface area contributed by atoms with Crippen molar-refractivity contribution in [1.82, 2.24) is 5.16 Å². The van der Waals surface area contributed by atoms with E-state index in [0.717, 1.165) is 21.9 Å². The summed E-state index contributed by atoms with van der Waals surface area (Å²) in [5.74, 6) is 0.955. The number of non-ortho nitro benzene ring substituents is 1. The molecule has 0 atom stereocenters. The second-order valence-electron chi connectivity index (χ2n) is 6.09. The third kappa shape index (κ3) is 4.58. The van der Waals surface area contributed by atoms with Crippen LogP contribution in [0, 0.1) is 24.0 Å². The van der Waals surface area contributed by atoms with Crippen molar-refractivity contribution in [3.63, 3.8) is 0 Å². The molecule has 0 saturated heterocycles. The fraction of sp³-hybridized carbons (Fsp3) is 0.200. The van der Waals surface area contributed by atoms with Gasteiger partial charge in [-0.2, -0.15) is 0 Å². The molecule has 144 valence electrons. The molecule has 0 saturated carbocycles. The Hall–Kier alpha value is -3.13. The van der Waals surface area contributed by atoms with Crippen LogP contribution >= 0.6 is 11.8 Å². The van der Waals surface area contributed by atoms with E-state index in [0.29, 0.717) is 16.9 Å². The van der Waals surface area contributed by atoms with E-state index in [2.05, 4.69) is 5.16 Å². The molecule has 0 aliphatic heterocycles. The predicted molar refractivity (Wildman–Crippen MR) is 104 cm³/mol. The Morgan fingerprint density at radius 1 is 1.18 bits per heavy atom. The van der Waals surface area contributed by atoms with Crippen LogP contribution in [0.1, 0.15) is 32.9 Å². The highest BCUT2D eigenvalue weighted by atomic mass is 32.2. The van der Waals surface area contributed by atoms with Crippen LogP contribution in [0.2, 0.25) is 0 Å². The highest BCUT2D eigenvalue weighted by Crippen LogP contribution is 2.29. The van der Waals surface area contributed by atoms with Gasteiger partial charge in [0.15, 0.2) is 0 Å². The highest BCUT2D eigenvalue weighted by Gasteiger charge is 2.16. The molecule has 0 radical (unpaired) electrons. The van der Waals surface area contributed by atoms with E-state index < -0.39 is 10.9 Å². The normalized spacial score (nSPS) is 10.6. The predicted octanol–water partition coefficient (Wildman–Crippen LogP) is 4.85. The van der Waals surface area contributed by atoms with Gasteiger partial charge >= 0.3 is 5.97 Å². The second kappa shape index (κ2) is 8.71. The van der Waals surface area contributed by atoms with Crippen molar-refractivity contribution in [2.45, 2.75) is 31.1 Å². The van der Waals surface area contributed by atoms with Gasteiger partial charge in [-0.3, -0.25) is 10.1 Å². The van der Waals surface area contributed by atoms with E-state index in [1.165, 1.54) is 23.9 Å². The van der Waals surface area contributed by atoms with Gasteiger partial charge in [0.05, 0.1) is 16.2 Å². The minimum atomic E-state index is -0.470. The van der Waals surface area contributed by atoms with Gasteiger partial charge in [-0.05, 0) is 43.7 Å². The Morgan fingerprint density at radius 2 is 1.89 bits per heavy atom. The molecule has 28 heavy (non-hydrogen) atoms. The number of carbonyl (C=O) groups is 1. The second-order valence-corrected chi connectivity index (χ2v) is 7.10. The smallest absolute Gasteiger partial charge is 0.339 e. The zero-order valence-electron chi connectivity index (χ0n) is 15.4. The van der Waals surface area contributed by atoms with Crippen LogP contribution < -0.4 is 0 Å². The number of ether oxygens (including phenoxy) is 1. The Balaban J connectivity index is 1.66. The number of hydrogen-bond acceptors (Lipinski definition) is 7. The van der Waals surface area contributed by atoms with E-state index in [-0.39, 0.29) is 12.3 Å². The van der Waals surface area contributed by atoms with E-state index in [4.69, 9.17) is 9.26 Å². The van der Waals surface area contributed by atoms with Crippen LogP contribution in [0.4, 0.5) is 5.69 Å². The lowest BCUT2D eigenvalue weighted by Crippen LogP contribution is -2.06. The topological polar surface area (TPSA) is 95.5 Å². The Kier molecular flexibility index (Phi) is 6.10. The van der Waals surface area contributed by atoms with Crippen LogP contribution in [0.3, 0.4) is 0 Å². The number of carbonyl (C=O) groups excluding carboxylic acids is 1. The molecule has 0 unspecified atom stereocenters. The SMILES string of the molecule is Cc1noc(C)c1CSc1ccccc1C(=O)OCc1ccc([N+](=O)[O-])cc1. The average Bonchev–Trinajstić information content (AvgIpc) is 3.02. The van der Waals surface area contributed by atoms with Crippen molar-refractivity contribution in [3.8, 4) is 0 Å². The third-order valence-electron chi connectivity index (χ3n) is 4.18. The number of aryl methyl sites for hydroxylation is 2. The first-order chi connectivity index (χ1) is 13.5. The minimum Gasteiger partial charge on any atom is -0.457 e. The van der Waals surface area contributed by atoms with Crippen molar-refractivity contribution in [2.24, 2.45) is 0 Å². The Labute approximate surface area is 165 Å². The van der Waals surface area contributed by atoms with Crippen molar-refractivity contribution < 1.29 is 19.0 Å². The summed E-state index contributed by atoms with van der Waals surface area (Å²) in [6, 6.07) is 13.1. The molecule has 0 aliphatic carbocycles. The van der Waals surface area contributed by atoms with Crippen LogP contribution in [-0.2, 0) is 17.1 Å². The number of esters is 1. The molecule has 0 spiro atoms. The van der Waals surface area contributed by atoms with Gasteiger partial charge in [-0.25, -0.2) is 4.79 Å². The molecular formula is C20H18N2O5S. The number of aromatic nitrogens is 1. The average molecular weight is 398 g/mol. The summed E-state index contributed by atoms with van der Waals surface area (Å²) in [6.45, 7) is 3.79. The van der Waals surface area contributed by atoms with E-state index in [9.17, 15) is 14.9 Å². The lowest BCUT2D eigenvalue weighted by atomic mass is 10.2. The molecule has 3 rings (SSSR count). The maximum absolute atomic E-state index is 12.5. The summed E-state index contributed by atoms with van der Waals surface area (Å²) >= 11 is 1.51. The monoisotopic (exact) mass is 398 g/mol. The van der Waals surface area contributed by atoms with Crippen molar-refractivity contribution in [3.05, 3.63) is 86.8 Å². The molecule has 7 nitrogen and oxygen atoms in total. The number of nitro groups is 1. The maximum Gasteiger partial charge on any atom is 0.339 e. The van der Waals surface area contributed by atoms with Crippen LogP contribution in [-0.4, -0.2) is 16.0 Å². The molecule has 8 heteroatoms. The molecule has 0 fully saturated rings. The maximum atomic E-state index is 12.5. The van der Waals surface area contributed by atoms with Crippen molar-refractivity contribution in [1.29, 1.82) is 0 Å². The first-order valence-corrected chi connectivity index (χ1v) is 9.48. The fourth-order valence-corrected chi connectivity index (χ4v) is 3.75. The zero-order chi connectivity index (χ0) is 20.1. The van der Waals surface area contributed by atoms with Crippen molar-refractivity contribution >= 4 is 23.4 Å². The van der Waals surface area contributed by atoms with E-state index in [1.807, 2.05) is 26.0 Å². The third-order valence-corrected chi connectivity index (χ3v) is 5.28. The Bertz CT molecular complexity index is 979. The first-order valence-electron chi connectivity index (χ1n) is 8.49. The summed E-state index contributed by atoms with van der Waals surface area (Å²) < 4.78 is 10.6. The zero-order valence-corrected chi connectivity index (χ0v) is 16.2. The van der Waals surface area contributed by atoms with Gasteiger partial charge in [-0.1, -0.05) is 17.3 Å². The molecule has 1 aromatic heterocycles. The molecule has 2 aromatic carbocycles. The summed E-state index contributed by atoms with van der Waals surface area (Å²) in [5, 5.41) is 14.6. The van der Waals surface area contributed by atoms with Crippen LogP contribution in [0.25, 0.3) is 0 Å². The number of nitrogens with zero attached hydrogens (tertiary/aromatic N) is 2. The highest BCUT2D eigenvalue weighted by molar-refractivity contribution is 7.98. The molecule has 1 heterocycles. The largest absolute Gasteiger partial charge is 0.457 e. The number of nitro benzene ring substituents is 1. The number of thioether (sulfide) groups is 1. The van der Waals surface area contributed by atoms with E-state index >= 15 is 0 Å². The minimum absolute atomic E-state index is 0.00357. The molecule has 0 N–H and O–H groups in total. The number of hydrogen-bond donors (Lipinski definition) is 0. The van der Waals surface area contributed by atoms with Gasteiger partial charge < -0.3 is 9.26 Å². The fourth-order valence-electron chi connectivity index (χ4n) is 2.56. The van der Waals surface area contributed by atoms with Gasteiger partial charge in [0.25, 0.3) is 5.69 Å². The van der Waals surface area contributed by atoms with Gasteiger partial charge in [-0.15, -0.1) is 11.8 Å².